The summed E-state index contributed by atoms with van der Waals surface area (Å²) in [4.78, 5) is 0. The van der Waals surface area contributed by atoms with Gasteiger partial charge in [-0.25, -0.2) is 0 Å². The SMILES string of the molecule is C1=CC2=CC=C1C2.C=C[N+](C)(C)Cc1ccccc1.[Cl-]. The van der Waals surface area contributed by atoms with Crippen molar-refractivity contribution < 1.29 is 16.9 Å². The van der Waals surface area contributed by atoms with Crippen molar-refractivity contribution in [2.45, 2.75) is 13.0 Å². The van der Waals surface area contributed by atoms with Gasteiger partial charge in [0.1, 0.15) is 6.54 Å². The number of rotatable bonds is 3. The van der Waals surface area contributed by atoms with Crippen LogP contribution in [-0.2, 0) is 6.54 Å². The van der Waals surface area contributed by atoms with E-state index in [-0.39, 0.29) is 12.4 Å². The molecule has 0 N–H and O–H groups in total. The fourth-order valence-corrected chi connectivity index (χ4v) is 2.13. The summed E-state index contributed by atoms with van der Waals surface area (Å²) in [6, 6.07) is 10.5. The summed E-state index contributed by atoms with van der Waals surface area (Å²) in [5.41, 5.74) is 4.28. The Morgan fingerprint density at radius 1 is 1.05 bits per heavy atom. The molecule has 2 aliphatic carbocycles. The lowest BCUT2D eigenvalue weighted by Crippen LogP contribution is -3.00. The van der Waals surface area contributed by atoms with Crippen molar-refractivity contribution in [3.8, 4) is 0 Å². The van der Waals surface area contributed by atoms with Crippen LogP contribution in [0.5, 0.6) is 0 Å². The van der Waals surface area contributed by atoms with Crippen LogP contribution in [-0.4, -0.2) is 18.6 Å². The molecule has 3 rings (SSSR count). The third kappa shape index (κ3) is 4.84. The van der Waals surface area contributed by atoms with E-state index < -0.39 is 0 Å². The van der Waals surface area contributed by atoms with E-state index in [2.05, 4.69) is 69.2 Å². The predicted molar refractivity (Wildman–Crippen MR) is 82.4 cm³/mol. The molecule has 0 spiro atoms. The second-order valence-electron chi connectivity index (χ2n) is 5.60. The van der Waals surface area contributed by atoms with Crippen LogP contribution in [0.25, 0.3) is 0 Å². The number of fused-ring (bicyclic) bond motifs is 2. The molecular formula is C18H22ClN. The van der Waals surface area contributed by atoms with Crippen LogP contribution in [0.3, 0.4) is 0 Å². The maximum absolute atomic E-state index is 3.80. The second kappa shape index (κ2) is 7.28. The molecule has 2 aliphatic rings. The van der Waals surface area contributed by atoms with E-state index in [9.17, 15) is 0 Å². The molecule has 0 radical (unpaired) electrons. The summed E-state index contributed by atoms with van der Waals surface area (Å²) in [5.74, 6) is 0. The first-order valence-corrected chi connectivity index (χ1v) is 6.67. The summed E-state index contributed by atoms with van der Waals surface area (Å²) in [5, 5.41) is 0. The summed E-state index contributed by atoms with van der Waals surface area (Å²) >= 11 is 0. The zero-order valence-corrected chi connectivity index (χ0v) is 13.0. The van der Waals surface area contributed by atoms with Gasteiger partial charge in [0.2, 0.25) is 0 Å². The van der Waals surface area contributed by atoms with Gasteiger partial charge in [0.05, 0.1) is 20.3 Å². The number of hydrogen-bond donors (Lipinski definition) is 0. The number of nitrogens with zero attached hydrogens (tertiary/aromatic N) is 1. The molecule has 0 saturated heterocycles. The highest BCUT2D eigenvalue weighted by Crippen LogP contribution is 2.27. The topological polar surface area (TPSA) is 0 Å². The van der Waals surface area contributed by atoms with E-state index >= 15 is 0 Å². The highest BCUT2D eigenvalue weighted by Gasteiger charge is 2.10. The van der Waals surface area contributed by atoms with Crippen molar-refractivity contribution in [1.29, 1.82) is 0 Å². The van der Waals surface area contributed by atoms with Gasteiger partial charge in [0.25, 0.3) is 0 Å². The zero-order chi connectivity index (χ0) is 13.7. The first kappa shape index (κ1) is 16.5. The van der Waals surface area contributed by atoms with Gasteiger partial charge in [-0.05, 0) is 24.1 Å². The quantitative estimate of drug-likeness (QED) is 0.734. The maximum atomic E-state index is 3.80. The van der Waals surface area contributed by atoms with E-state index in [0.29, 0.717) is 0 Å². The van der Waals surface area contributed by atoms with E-state index in [1.54, 1.807) is 0 Å². The predicted octanol–water partition coefficient (Wildman–Crippen LogP) is 1.22. The standard InChI is InChI=1S/C11H16N.C7H6.ClH/c1-4-12(2,3)10-11-8-6-5-7-9-11;1-2-7-4-3-6(1)5-7;/h4-9H,1,10H2,2-3H3;1-4H,5H2;1H/q+1;;/p-1. The first-order valence-electron chi connectivity index (χ1n) is 6.67. The molecule has 0 unspecified atom stereocenters. The molecule has 0 atom stereocenters. The highest BCUT2D eigenvalue weighted by molar-refractivity contribution is 5.49. The fraction of sp³-hybridized carbons (Fsp3) is 0.222. The van der Waals surface area contributed by atoms with Crippen molar-refractivity contribution in [3.05, 3.63) is 84.1 Å². The van der Waals surface area contributed by atoms with Crippen LogP contribution in [0, 0.1) is 0 Å². The van der Waals surface area contributed by atoms with Gasteiger partial charge >= 0.3 is 0 Å². The number of quaternary nitrogens is 1. The zero-order valence-electron chi connectivity index (χ0n) is 12.2. The van der Waals surface area contributed by atoms with Crippen LogP contribution in [0.2, 0.25) is 0 Å². The van der Waals surface area contributed by atoms with Gasteiger partial charge in [0.15, 0.2) is 0 Å². The van der Waals surface area contributed by atoms with Crippen LogP contribution >= 0.6 is 0 Å². The largest absolute Gasteiger partial charge is 1.00 e. The van der Waals surface area contributed by atoms with E-state index in [1.165, 1.54) is 23.1 Å². The molecule has 0 saturated carbocycles. The maximum Gasteiger partial charge on any atom is 0.108 e. The number of allylic oxidation sites excluding steroid dienone is 6. The van der Waals surface area contributed by atoms with Crippen LogP contribution in [0.4, 0.5) is 0 Å². The van der Waals surface area contributed by atoms with Crippen molar-refractivity contribution in [2.24, 2.45) is 0 Å². The third-order valence-corrected chi connectivity index (χ3v) is 3.36. The minimum absolute atomic E-state index is 0. The van der Waals surface area contributed by atoms with Crippen molar-refractivity contribution >= 4 is 0 Å². The van der Waals surface area contributed by atoms with Gasteiger partial charge < -0.3 is 12.4 Å². The number of hydrogen-bond acceptors (Lipinski definition) is 0. The van der Waals surface area contributed by atoms with Gasteiger partial charge in [-0.2, -0.15) is 0 Å². The molecule has 106 valence electrons. The average Bonchev–Trinajstić information content (AvgIpc) is 3.05. The van der Waals surface area contributed by atoms with Crippen LogP contribution in [0.15, 0.2) is 78.6 Å². The molecule has 2 heteroatoms. The summed E-state index contributed by atoms with van der Waals surface area (Å²) in [7, 11) is 4.28. The molecule has 1 aromatic rings. The minimum Gasteiger partial charge on any atom is -1.00 e. The Hall–Kier alpha value is -1.57. The smallest absolute Gasteiger partial charge is 0.108 e. The molecule has 1 aromatic carbocycles. The molecule has 20 heavy (non-hydrogen) atoms. The van der Waals surface area contributed by atoms with E-state index in [4.69, 9.17) is 0 Å². The molecule has 1 nitrogen and oxygen atoms in total. The summed E-state index contributed by atoms with van der Waals surface area (Å²) in [6.45, 7) is 4.81. The molecule has 0 fully saturated rings. The fourth-order valence-electron chi connectivity index (χ4n) is 2.13. The van der Waals surface area contributed by atoms with Crippen molar-refractivity contribution in [1.82, 2.24) is 0 Å². The van der Waals surface area contributed by atoms with Gasteiger partial charge in [-0.1, -0.05) is 54.6 Å². The van der Waals surface area contributed by atoms with Crippen LogP contribution < -0.4 is 12.4 Å². The average molecular weight is 288 g/mol. The molecule has 0 aliphatic heterocycles. The van der Waals surface area contributed by atoms with Crippen LogP contribution in [0.1, 0.15) is 12.0 Å². The summed E-state index contributed by atoms with van der Waals surface area (Å²) < 4.78 is 0.823. The molecular weight excluding hydrogens is 266 g/mol. The Labute approximate surface area is 128 Å². The van der Waals surface area contributed by atoms with Crippen molar-refractivity contribution in [3.63, 3.8) is 0 Å². The third-order valence-electron chi connectivity index (χ3n) is 3.36. The van der Waals surface area contributed by atoms with Gasteiger partial charge in [-0.15, -0.1) is 0 Å². The Kier molecular flexibility index (Phi) is 6.00. The Bertz CT molecular complexity index is 516. The van der Waals surface area contributed by atoms with Gasteiger partial charge in [-0.3, -0.25) is 4.48 Å². The normalized spacial score (nSPS) is 14.7. The lowest BCUT2D eigenvalue weighted by Gasteiger charge is -2.24. The minimum atomic E-state index is 0. The van der Waals surface area contributed by atoms with E-state index in [0.717, 1.165) is 11.0 Å². The lowest BCUT2D eigenvalue weighted by atomic mass is 10.2. The molecule has 0 aromatic heterocycles. The monoisotopic (exact) mass is 287 g/mol. The Morgan fingerprint density at radius 2 is 1.60 bits per heavy atom. The molecule has 2 bridgehead atoms. The van der Waals surface area contributed by atoms with E-state index in [1.807, 2.05) is 12.3 Å². The molecule has 0 amide bonds. The first-order chi connectivity index (χ1) is 9.09. The Morgan fingerprint density at radius 3 is 1.95 bits per heavy atom. The molecule has 0 heterocycles. The number of halogens is 1. The summed E-state index contributed by atoms with van der Waals surface area (Å²) in [6.07, 6.45) is 11.8. The van der Waals surface area contributed by atoms with Crippen molar-refractivity contribution in [2.75, 3.05) is 14.1 Å². The second-order valence-corrected chi connectivity index (χ2v) is 5.60. The number of benzene rings is 1. The van der Waals surface area contributed by atoms with Gasteiger partial charge in [0, 0.05) is 5.56 Å². The Balaban J connectivity index is 0.000000212. The highest BCUT2D eigenvalue weighted by atomic mass is 35.5. The lowest BCUT2D eigenvalue weighted by molar-refractivity contribution is -0.852.